The van der Waals surface area contributed by atoms with Crippen LogP contribution in [0.25, 0.3) is 0 Å². The van der Waals surface area contributed by atoms with Gasteiger partial charge < -0.3 is 9.67 Å². The van der Waals surface area contributed by atoms with Crippen molar-refractivity contribution in [3.05, 3.63) is 18.7 Å². The number of ketones is 1. The number of aliphatic hydroxyl groups is 1. The summed E-state index contributed by atoms with van der Waals surface area (Å²) in [5.41, 5.74) is -1.29. The highest BCUT2D eigenvalue weighted by Gasteiger charge is 2.31. The Morgan fingerprint density at radius 3 is 2.69 bits per heavy atom. The molecule has 1 unspecified atom stereocenters. The third-order valence-electron chi connectivity index (χ3n) is 2.62. The Balaban J connectivity index is 2.84. The van der Waals surface area contributed by atoms with Crippen LogP contribution in [0.2, 0.25) is 0 Å². The van der Waals surface area contributed by atoms with E-state index in [2.05, 4.69) is 11.9 Å². The number of hydrogen-bond acceptors (Lipinski definition) is 3. The van der Waals surface area contributed by atoms with E-state index in [4.69, 9.17) is 0 Å². The first-order valence-corrected chi connectivity index (χ1v) is 5.71. The molecule has 0 saturated carbocycles. The third-order valence-corrected chi connectivity index (χ3v) is 2.62. The van der Waals surface area contributed by atoms with Crippen LogP contribution >= 0.6 is 0 Å². The van der Waals surface area contributed by atoms with E-state index in [9.17, 15) is 9.90 Å². The Morgan fingerprint density at radius 1 is 1.56 bits per heavy atom. The van der Waals surface area contributed by atoms with Crippen LogP contribution in [0.4, 0.5) is 0 Å². The molecule has 0 radical (unpaired) electrons. The fourth-order valence-corrected chi connectivity index (χ4v) is 1.67. The van der Waals surface area contributed by atoms with Crippen molar-refractivity contribution in [1.82, 2.24) is 9.55 Å². The predicted octanol–water partition coefficient (Wildman–Crippen LogP) is 1.95. The molecule has 0 fully saturated rings. The fraction of sp³-hybridized carbons (Fsp3) is 0.667. The minimum absolute atomic E-state index is 0.154. The highest BCUT2D eigenvalue weighted by atomic mass is 16.3. The molecular formula is C12H20N2O2. The highest BCUT2D eigenvalue weighted by Crippen LogP contribution is 2.22. The lowest BCUT2D eigenvalue weighted by molar-refractivity contribution is -0.137. The van der Waals surface area contributed by atoms with Gasteiger partial charge in [-0.2, -0.15) is 0 Å². The molecule has 0 bridgehead atoms. The maximum Gasteiger partial charge on any atom is 0.186 e. The zero-order chi connectivity index (χ0) is 12.2. The van der Waals surface area contributed by atoms with Crippen LogP contribution in [0.5, 0.6) is 0 Å². The molecule has 0 aliphatic rings. The van der Waals surface area contributed by atoms with Gasteiger partial charge >= 0.3 is 0 Å². The largest absolute Gasteiger partial charge is 0.383 e. The lowest BCUT2D eigenvalue weighted by atomic mass is 9.93. The number of carbonyl (C=O) groups is 1. The molecule has 1 N–H and O–H groups in total. The number of imidazole rings is 1. The van der Waals surface area contributed by atoms with E-state index in [-0.39, 0.29) is 11.8 Å². The lowest BCUT2D eigenvalue weighted by Crippen LogP contribution is -2.37. The first-order valence-electron chi connectivity index (χ1n) is 5.71. The van der Waals surface area contributed by atoms with E-state index in [1.54, 1.807) is 23.3 Å². The van der Waals surface area contributed by atoms with E-state index in [0.29, 0.717) is 0 Å². The molecule has 0 aliphatic carbocycles. The molecule has 0 spiro atoms. The van der Waals surface area contributed by atoms with Crippen molar-refractivity contribution in [2.24, 2.45) is 0 Å². The maximum atomic E-state index is 12.1. The average molecular weight is 224 g/mol. The van der Waals surface area contributed by atoms with Crippen LogP contribution < -0.4 is 0 Å². The molecule has 1 aromatic heterocycles. The summed E-state index contributed by atoms with van der Waals surface area (Å²) < 4.78 is 1.77. The van der Waals surface area contributed by atoms with Gasteiger partial charge in [-0.1, -0.05) is 19.8 Å². The lowest BCUT2D eigenvalue weighted by Gasteiger charge is -2.24. The van der Waals surface area contributed by atoms with E-state index >= 15 is 0 Å². The molecule has 4 nitrogen and oxygen atoms in total. The monoisotopic (exact) mass is 224 g/mol. The van der Waals surface area contributed by atoms with E-state index in [1.165, 1.54) is 13.8 Å². The van der Waals surface area contributed by atoms with Gasteiger partial charge in [0.05, 0.1) is 12.4 Å². The summed E-state index contributed by atoms with van der Waals surface area (Å²) in [6.45, 7) is 5.15. The number of nitrogens with zero attached hydrogens (tertiary/aromatic N) is 2. The van der Waals surface area contributed by atoms with Gasteiger partial charge in [0, 0.05) is 12.4 Å². The Hall–Kier alpha value is -1.16. The molecule has 4 heteroatoms. The zero-order valence-electron chi connectivity index (χ0n) is 10.2. The van der Waals surface area contributed by atoms with E-state index < -0.39 is 5.60 Å². The summed E-state index contributed by atoms with van der Waals surface area (Å²) in [5.74, 6) is -0.154. The van der Waals surface area contributed by atoms with Crippen LogP contribution in [0.3, 0.4) is 0 Å². The van der Waals surface area contributed by atoms with Crippen LogP contribution in [0.1, 0.15) is 46.1 Å². The molecule has 1 atom stereocenters. The number of rotatable bonds is 6. The van der Waals surface area contributed by atoms with Crippen molar-refractivity contribution >= 4 is 5.78 Å². The van der Waals surface area contributed by atoms with Gasteiger partial charge in [-0.05, 0) is 20.3 Å². The van der Waals surface area contributed by atoms with Gasteiger partial charge in [-0.25, -0.2) is 4.98 Å². The SMILES string of the molecule is CCCCC(C(=O)C(C)(C)O)n1ccnc1. The van der Waals surface area contributed by atoms with E-state index in [0.717, 1.165) is 19.3 Å². The van der Waals surface area contributed by atoms with Crippen LogP contribution in [-0.2, 0) is 4.79 Å². The third kappa shape index (κ3) is 3.17. The van der Waals surface area contributed by atoms with Gasteiger partial charge in [-0.15, -0.1) is 0 Å². The highest BCUT2D eigenvalue weighted by molar-refractivity contribution is 5.89. The quantitative estimate of drug-likeness (QED) is 0.803. The van der Waals surface area contributed by atoms with Gasteiger partial charge in [0.25, 0.3) is 0 Å². The van der Waals surface area contributed by atoms with Gasteiger partial charge in [-0.3, -0.25) is 4.79 Å². The molecule has 0 amide bonds. The van der Waals surface area contributed by atoms with Crippen LogP contribution in [0, 0.1) is 0 Å². The smallest absolute Gasteiger partial charge is 0.186 e. The van der Waals surface area contributed by atoms with Crippen molar-refractivity contribution in [2.75, 3.05) is 0 Å². The van der Waals surface area contributed by atoms with Crippen molar-refractivity contribution in [2.45, 2.75) is 51.7 Å². The molecular weight excluding hydrogens is 204 g/mol. The predicted molar refractivity (Wildman–Crippen MR) is 62.1 cm³/mol. The second-order valence-corrected chi connectivity index (χ2v) is 4.59. The second-order valence-electron chi connectivity index (χ2n) is 4.59. The van der Waals surface area contributed by atoms with Crippen LogP contribution in [-0.4, -0.2) is 26.0 Å². The van der Waals surface area contributed by atoms with Crippen molar-refractivity contribution in [3.63, 3.8) is 0 Å². The maximum absolute atomic E-state index is 12.1. The Labute approximate surface area is 96.3 Å². The summed E-state index contributed by atoms with van der Waals surface area (Å²) in [5, 5.41) is 9.77. The minimum Gasteiger partial charge on any atom is -0.383 e. The summed E-state index contributed by atoms with van der Waals surface area (Å²) in [4.78, 5) is 16.0. The molecule has 0 saturated heterocycles. The molecule has 0 aliphatic heterocycles. The topological polar surface area (TPSA) is 55.1 Å². The molecule has 0 aromatic carbocycles. The Morgan fingerprint density at radius 2 is 2.25 bits per heavy atom. The molecule has 1 aromatic rings. The summed E-state index contributed by atoms with van der Waals surface area (Å²) >= 11 is 0. The standard InChI is InChI=1S/C12H20N2O2/c1-4-5-6-10(11(15)12(2,3)16)14-8-7-13-9-14/h7-10,16H,4-6H2,1-3H3. The Bertz CT molecular complexity index is 325. The zero-order valence-corrected chi connectivity index (χ0v) is 10.2. The first kappa shape index (κ1) is 12.9. The van der Waals surface area contributed by atoms with Gasteiger partial charge in [0.15, 0.2) is 5.78 Å². The van der Waals surface area contributed by atoms with Gasteiger partial charge in [0.1, 0.15) is 5.60 Å². The average Bonchev–Trinajstić information content (AvgIpc) is 2.70. The number of hydrogen-bond donors (Lipinski definition) is 1. The summed E-state index contributed by atoms with van der Waals surface area (Å²) in [6.07, 6.45) is 7.79. The van der Waals surface area contributed by atoms with Crippen LogP contribution in [0.15, 0.2) is 18.7 Å². The number of aromatic nitrogens is 2. The van der Waals surface area contributed by atoms with Crippen molar-refractivity contribution in [1.29, 1.82) is 0 Å². The Kier molecular flexibility index (Phi) is 4.24. The number of unbranched alkanes of at least 4 members (excludes halogenated alkanes) is 1. The van der Waals surface area contributed by atoms with E-state index in [1.807, 2.05) is 0 Å². The van der Waals surface area contributed by atoms with Crippen molar-refractivity contribution in [3.8, 4) is 0 Å². The van der Waals surface area contributed by atoms with Gasteiger partial charge in [0.2, 0.25) is 0 Å². The normalized spacial score (nSPS) is 13.8. The minimum atomic E-state index is -1.29. The summed E-state index contributed by atoms with van der Waals surface area (Å²) in [6, 6.07) is -0.303. The number of Topliss-reactive ketones (excluding diaryl/α,β-unsaturated/α-hetero) is 1. The fourth-order valence-electron chi connectivity index (χ4n) is 1.67. The molecule has 90 valence electrons. The van der Waals surface area contributed by atoms with Crippen molar-refractivity contribution < 1.29 is 9.90 Å². The molecule has 1 heterocycles. The first-order chi connectivity index (χ1) is 7.46. The summed E-state index contributed by atoms with van der Waals surface area (Å²) in [7, 11) is 0. The second kappa shape index (κ2) is 5.25. The molecule has 16 heavy (non-hydrogen) atoms. The number of carbonyl (C=O) groups excluding carboxylic acids is 1. The molecule has 1 rings (SSSR count).